The Kier molecular flexibility index (Phi) is 3.64. The van der Waals surface area contributed by atoms with Crippen molar-refractivity contribution in [3.63, 3.8) is 0 Å². The molecule has 2 aromatic carbocycles. The van der Waals surface area contributed by atoms with Crippen molar-refractivity contribution in [2.45, 2.75) is 19.2 Å². The number of benzene rings is 2. The summed E-state index contributed by atoms with van der Waals surface area (Å²) in [6.07, 6.45) is 0. The highest BCUT2D eigenvalue weighted by Gasteiger charge is 2.17. The van der Waals surface area contributed by atoms with Gasteiger partial charge in [-0.25, -0.2) is 9.37 Å². The van der Waals surface area contributed by atoms with E-state index in [2.05, 4.69) is 4.98 Å². The van der Waals surface area contributed by atoms with Crippen LogP contribution in [0.1, 0.15) is 23.7 Å². The molecule has 5 heteroatoms. The molecular formula is C16H13Cl2FN2. The molecule has 0 bridgehead atoms. The molecule has 0 radical (unpaired) electrons. The normalized spacial score (nSPS) is 12.8. The van der Waals surface area contributed by atoms with Crippen LogP contribution in [0.4, 0.5) is 4.39 Å². The second-order valence-corrected chi connectivity index (χ2v) is 6.08. The molecule has 1 atom stereocenters. The zero-order chi connectivity index (χ0) is 15.1. The molecule has 1 unspecified atom stereocenters. The van der Waals surface area contributed by atoms with Crippen LogP contribution in [0.5, 0.6) is 0 Å². The predicted molar refractivity (Wildman–Crippen MR) is 85.0 cm³/mol. The van der Waals surface area contributed by atoms with Crippen LogP contribution in [-0.4, -0.2) is 9.55 Å². The van der Waals surface area contributed by atoms with E-state index in [1.165, 1.54) is 6.07 Å². The summed E-state index contributed by atoms with van der Waals surface area (Å²) in [7, 11) is 0. The molecular weight excluding hydrogens is 310 g/mol. The van der Waals surface area contributed by atoms with Crippen molar-refractivity contribution in [3.05, 3.63) is 58.6 Å². The molecule has 0 aliphatic heterocycles. The molecule has 0 amide bonds. The molecule has 0 N–H and O–H groups in total. The van der Waals surface area contributed by atoms with Crippen LogP contribution in [0, 0.1) is 12.7 Å². The van der Waals surface area contributed by atoms with E-state index < -0.39 is 0 Å². The van der Waals surface area contributed by atoms with E-state index in [-0.39, 0.29) is 11.2 Å². The molecule has 21 heavy (non-hydrogen) atoms. The van der Waals surface area contributed by atoms with Crippen molar-refractivity contribution in [3.8, 4) is 5.69 Å². The lowest BCUT2D eigenvalue weighted by atomic mass is 10.2. The molecule has 2 nitrogen and oxygen atoms in total. The van der Waals surface area contributed by atoms with E-state index in [4.69, 9.17) is 23.2 Å². The lowest BCUT2D eigenvalue weighted by Gasteiger charge is -2.11. The van der Waals surface area contributed by atoms with Crippen molar-refractivity contribution in [1.82, 2.24) is 9.55 Å². The highest BCUT2D eigenvalue weighted by atomic mass is 35.5. The van der Waals surface area contributed by atoms with E-state index in [0.29, 0.717) is 22.1 Å². The van der Waals surface area contributed by atoms with E-state index in [1.807, 2.05) is 23.6 Å². The molecule has 3 rings (SSSR count). The van der Waals surface area contributed by atoms with Crippen molar-refractivity contribution >= 4 is 34.2 Å². The van der Waals surface area contributed by atoms with Crippen molar-refractivity contribution in [2.75, 3.05) is 0 Å². The molecule has 0 spiro atoms. The minimum atomic E-state index is -0.305. The van der Waals surface area contributed by atoms with Gasteiger partial charge in [-0.2, -0.15) is 0 Å². The van der Waals surface area contributed by atoms with Crippen molar-refractivity contribution in [1.29, 1.82) is 0 Å². The zero-order valence-electron chi connectivity index (χ0n) is 11.6. The maximum absolute atomic E-state index is 13.9. The lowest BCUT2D eigenvalue weighted by Crippen LogP contribution is -2.02. The van der Waals surface area contributed by atoms with Crippen LogP contribution in [0.2, 0.25) is 5.02 Å². The maximum Gasteiger partial charge on any atom is 0.132 e. The second kappa shape index (κ2) is 5.32. The van der Waals surface area contributed by atoms with E-state index >= 15 is 0 Å². The number of fused-ring (bicyclic) bond motifs is 1. The monoisotopic (exact) mass is 322 g/mol. The van der Waals surface area contributed by atoms with Crippen LogP contribution < -0.4 is 0 Å². The molecule has 0 aliphatic carbocycles. The first-order valence-electron chi connectivity index (χ1n) is 6.56. The average Bonchev–Trinajstić information content (AvgIpc) is 2.80. The minimum absolute atomic E-state index is 0.253. The van der Waals surface area contributed by atoms with Gasteiger partial charge in [0.2, 0.25) is 0 Å². The van der Waals surface area contributed by atoms with E-state index in [0.717, 1.165) is 11.0 Å². The third-order valence-corrected chi connectivity index (χ3v) is 3.84. The Morgan fingerprint density at radius 1 is 1.19 bits per heavy atom. The molecule has 1 aromatic heterocycles. The summed E-state index contributed by atoms with van der Waals surface area (Å²) in [6.45, 7) is 3.57. The van der Waals surface area contributed by atoms with E-state index in [1.54, 1.807) is 25.1 Å². The van der Waals surface area contributed by atoms with Crippen LogP contribution in [0.3, 0.4) is 0 Å². The number of halogens is 3. The summed E-state index contributed by atoms with van der Waals surface area (Å²) in [6, 6.07) is 10.5. The Labute approximate surface area is 132 Å². The third-order valence-electron chi connectivity index (χ3n) is 3.41. The number of aromatic nitrogens is 2. The first-order valence-corrected chi connectivity index (χ1v) is 7.37. The fourth-order valence-corrected chi connectivity index (χ4v) is 2.64. The van der Waals surface area contributed by atoms with Gasteiger partial charge in [0.05, 0.1) is 22.1 Å². The summed E-state index contributed by atoms with van der Waals surface area (Å²) in [4.78, 5) is 4.53. The number of rotatable bonds is 2. The summed E-state index contributed by atoms with van der Waals surface area (Å²) in [5.74, 6) is 0.411. The highest BCUT2D eigenvalue weighted by Crippen LogP contribution is 2.30. The first-order chi connectivity index (χ1) is 9.97. The molecule has 0 aliphatic rings. The number of hydrogen-bond acceptors (Lipinski definition) is 1. The van der Waals surface area contributed by atoms with Crippen molar-refractivity contribution in [2.24, 2.45) is 0 Å². The Bertz CT molecular complexity index is 825. The molecule has 0 saturated carbocycles. The van der Waals surface area contributed by atoms with Crippen LogP contribution in [0.15, 0.2) is 36.4 Å². The van der Waals surface area contributed by atoms with Crippen molar-refractivity contribution < 1.29 is 4.39 Å². The summed E-state index contributed by atoms with van der Waals surface area (Å²) >= 11 is 12.2. The van der Waals surface area contributed by atoms with Crippen LogP contribution in [0.25, 0.3) is 16.7 Å². The topological polar surface area (TPSA) is 17.8 Å². The fourth-order valence-electron chi connectivity index (χ4n) is 2.33. The SMILES string of the molecule is Cc1ccc(-n2c(C(C)Cl)nc3cc(Cl)ccc32)cc1F. The number of hydrogen-bond donors (Lipinski definition) is 0. The summed E-state index contributed by atoms with van der Waals surface area (Å²) in [5.41, 5.74) is 2.90. The lowest BCUT2D eigenvalue weighted by molar-refractivity contribution is 0.617. The van der Waals surface area contributed by atoms with Gasteiger partial charge >= 0.3 is 0 Å². The Morgan fingerprint density at radius 3 is 2.62 bits per heavy atom. The summed E-state index contributed by atoms with van der Waals surface area (Å²) in [5, 5.41) is 0.302. The molecule has 108 valence electrons. The van der Waals surface area contributed by atoms with Gasteiger partial charge in [-0.15, -0.1) is 11.6 Å². The number of alkyl halides is 1. The minimum Gasteiger partial charge on any atom is -0.295 e. The zero-order valence-corrected chi connectivity index (χ0v) is 13.1. The van der Waals surface area contributed by atoms with Gasteiger partial charge in [-0.3, -0.25) is 4.57 Å². The molecule has 0 fully saturated rings. The first kappa shape index (κ1) is 14.4. The third kappa shape index (κ3) is 2.52. The van der Waals surface area contributed by atoms with Crippen LogP contribution >= 0.6 is 23.2 Å². The summed E-state index contributed by atoms with van der Waals surface area (Å²) < 4.78 is 15.7. The number of nitrogens with zero attached hydrogens (tertiary/aromatic N) is 2. The van der Waals surface area contributed by atoms with Gasteiger partial charge in [0, 0.05) is 5.02 Å². The standard InChI is InChI=1S/C16H13Cl2FN2/c1-9-3-5-12(8-13(9)19)21-15-6-4-11(18)7-14(15)20-16(21)10(2)17/h3-8,10H,1-2H3. The van der Waals surface area contributed by atoms with Gasteiger partial charge in [-0.05, 0) is 49.7 Å². The van der Waals surface area contributed by atoms with Gasteiger partial charge in [0.15, 0.2) is 0 Å². The van der Waals surface area contributed by atoms with E-state index in [9.17, 15) is 4.39 Å². The molecule has 0 saturated heterocycles. The fraction of sp³-hybridized carbons (Fsp3) is 0.188. The smallest absolute Gasteiger partial charge is 0.132 e. The molecule has 1 heterocycles. The Hall–Kier alpha value is -1.58. The predicted octanol–water partition coefficient (Wildman–Crippen LogP) is 5.43. The van der Waals surface area contributed by atoms with Gasteiger partial charge in [-0.1, -0.05) is 17.7 Å². The van der Waals surface area contributed by atoms with Gasteiger partial charge in [0.25, 0.3) is 0 Å². The highest BCUT2D eigenvalue weighted by molar-refractivity contribution is 6.31. The Morgan fingerprint density at radius 2 is 1.95 bits per heavy atom. The number of aryl methyl sites for hydroxylation is 1. The van der Waals surface area contributed by atoms with Gasteiger partial charge in [0.1, 0.15) is 11.6 Å². The quantitative estimate of drug-likeness (QED) is 0.575. The average molecular weight is 323 g/mol. The van der Waals surface area contributed by atoms with Crippen LogP contribution in [-0.2, 0) is 0 Å². The maximum atomic E-state index is 13.9. The van der Waals surface area contributed by atoms with Gasteiger partial charge < -0.3 is 0 Å². The largest absolute Gasteiger partial charge is 0.295 e. The number of imidazole rings is 1. The Balaban J connectivity index is 2.33. The molecule has 3 aromatic rings. The second-order valence-electron chi connectivity index (χ2n) is 4.99.